The minimum Gasteiger partial charge on any atom is -0.351 e. The molecule has 8 heteroatoms. The van der Waals surface area contributed by atoms with Crippen molar-refractivity contribution in [3.05, 3.63) is 48.1 Å². The molecular weight excluding hydrogens is 310 g/mol. The smallest absolute Gasteiger partial charge is 0.320 e. The van der Waals surface area contributed by atoms with Crippen molar-refractivity contribution in [3.63, 3.8) is 0 Å². The number of rotatable bonds is 3. The summed E-state index contributed by atoms with van der Waals surface area (Å²) in [6.07, 6.45) is 3.18. The molecule has 2 aromatic heterocycles. The van der Waals surface area contributed by atoms with Crippen molar-refractivity contribution in [1.82, 2.24) is 24.8 Å². The van der Waals surface area contributed by atoms with Crippen molar-refractivity contribution < 1.29 is 14.1 Å². The number of pyridine rings is 1. The van der Waals surface area contributed by atoms with Gasteiger partial charge in [0.15, 0.2) is 0 Å². The summed E-state index contributed by atoms with van der Waals surface area (Å²) in [6.45, 7) is 2.61. The lowest BCUT2D eigenvalue weighted by atomic mass is 10.2. The fraction of sp³-hybridized carbons (Fsp3) is 0.375. The molecule has 4 rings (SSSR count). The molecule has 0 N–H and O–H groups in total. The van der Waals surface area contributed by atoms with Gasteiger partial charge in [0.1, 0.15) is 0 Å². The molecule has 0 aromatic carbocycles. The maximum atomic E-state index is 12.5. The summed E-state index contributed by atoms with van der Waals surface area (Å²) < 4.78 is 4.94. The number of piperazine rings is 1. The van der Waals surface area contributed by atoms with Crippen LogP contribution in [0.1, 0.15) is 16.2 Å². The lowest BCUT2D eigenvalue weighted by molar-refractivity contribution is 0.0577. The average molecular weight is 327 g/mol. The summed E-state index contributed by atoms with van der Waals surface area (Å²) in [7, 11) is 0. The Morgan fingerprint density at radius 2 is 2.12 bits per heavy atom. The predicted molar refractivity (Wildman–Crippen MR) is 82.9 cm³/mol. The minimum atomic E-state index is -0.178. The molecule has 0 spiro atoms. The van der Waals surface area contributed by atoms with E-state index in [4.69, 9.17) is 4.52 Å². The van der Waals surface area contributed by atoms with Crippen LogP contribution in [0.3, 0.4) is 0 Å². The molecule has 1 atom stereocenters. The van der Waals surface area contributed by atoms with Crippen LogP contribution in [0.25, 0.3) is 0 Å². The van der Waals surface area contributed by atoms with Gasteiger partial charge in [0.2, 0.25) is 5.76 Å². The van der Waals surface area contributed by atoms with E-state index < -0.39 is 0 Å². The minimum absolute atomic E-state index is 0.00170. The maximum Gasteiger partial charge on any atom is 0.320 e. The van der Waals surface area contributed by atoms with Crippen LogP contribution in [-0.4, -0.2) is 69.0 Å². The van der Waals surface area contributed by atoms with Gasteiger partial charge < -0.3 is 19.2 Å². The first-order chi connectivity index (χ1) is 11.7. The third kappa shape index (κ3) is 2.60. The van der Waals surface area contributed by atoms with Gasteiger partial charge in [-0.3, -0.25) is 9.78 Å². The molecule has 4 heterocycles. The number of amides is 3. The monoisotopic (exact) mass is 327 g/mol. The zero-order valence-electron chi connectivity index (χ0n) is 13.0. The van der Waals surface area contributed by atoms with E-state index in [-0.39, 0.29) is 23.7 Å². The Balaban J connectivity index is 1.43. The predicted octanol–water partition coefficient (Wildman–Crippen LogP) is 0.832. The number of hydrogen-bond acceptors (Lipinski definition) is 5. The van der Waals surface area contributed by atoms with Crippen LogP contribution in [0.5, 0.6) is 0 Å². The Morgan fingerprint density at radius 3 is 2.88 bits per heavy atom. The van der Waals surface area contributed by atoms with Crippen LogP contribution < -0.4 is 0 Å². The van der Waals surface area contributed by atoms with Crippen molar-refractivity contribution in [3.8, 4) is 0 Å². The lowest BCUT2D eigenvalue weighted by Gasteiger charge is -2.35. The fourth-order valence-corrected chi connectivity index (χ4v) is 3.26. The molecule has 0 saturated carbocycles. The summed E-state index contributed by atoms with van der Waals surface area (Å²) in [6, 6.07) is 7.24. The molecule has 1 unspecified atom stereocenters. The molecular formula is C16H17N5O3. The van der Waals surface area contributed by atoms with E-state index in [2.05, 4.69) is 10.1 Å². The molecule has 0 aliphatic carbocycles. The summed E-state index contributed by atoms with van der Waals surface area (Å²) >= 11 is 0. The summed E-state index contributed by atoms with van der Waals surface area (Å²) in [5.74, 6) is 0.0564. The number of urea groups is 1. The fourth-order valence-electron chi connectivity index (χ4n) is 3.26. The van der Waals surface area contributed by atoms with Crippen LogP contribution in [0.2, 0.25) is 0 Å². The van der Waals surface area contributed by atoms with Crippen molar-refractivity contribution in [2.75, 3.05) is 26.2 Å². The quantitative estimate of drug-likeness (QED) is 0.834. The Labute approximate surface area is 138 Å². The molecule has 0 bridgehead atoms. The van der Waals surface area contributed by atoms with Gasteiger partial charge in [-0.05, 0) is 12.1 Å². The molecule has 0 radical (unpaired) electrons. The van der Waals surface area contributed by atoms with Crippen molar-refractivity contribution >= 4 is 11.9 Å². The Bertz CT molecular complexity index is 733. The second-order valence-corrected chi connectivity index (χ2v) is 5.96. The normalized spacial score (nSPS) is 20.4. The second kappa shape index (κ2) is 5.95. The van der Waals surface area contributed by atoms with Gasteiger partial charge in [-0.15, -0.1) is 0 Å². The van der Waals surface area contributed by atoms with Gasteiger partial charge in [0.25, 0.3) is 5.91 Å². The molecule has 8 nitrogen and oxygen atoms in total. The van der Waals surface area contributed by atoms with Crippen LogP contribution in [0.15, 0.2) is 41.2 Å². The molecule has 2 aliphatic heterocycles. The summed E-state index contributed by atoms with van der Waals surface area (Å²) in [4.78, 5) is 34.5. The Hall–Kier alpha value is -2.90. The standard InChI is InChI=1S/C16H17N5O3/c22-15(14-4-6-18-24-14)19-7-8-21-13(10-19)11-20(16(21)23)9-12-3-1-2-5-17-12/h1-6,13H,7-11H2. The van der Waals surface area contributed by atoms with Crippen molar-refractivity contribution in [1.29, 1.82) is 0 Å². The van der Waals surface area contributed by atoms with E-state index in [0.29, 0.717) is 32.7 Å². The highest BCUT2D eigenvalue weighted by Crippen LogP contribution is 2.23. The van der Waals surface area contributed by atoms with E-state index in [0.717, 1.165) is 5.69 Å². The molecule has 124 valence electrons. The van der Waals surface area contributed by atoms with Gasteiger partial charge in [0.05, 0.1) is 24.5 Å². The molecule has 2 saturated heterocycles. The van der Waals surface area contributed by atoms with Gasteiger partial charge in [-0.25, -0.2) is 4.79 Å². The number of hydrogen-bond donors (Lipinski definition) is 0. The van der Waals surface area contributed by atoms with Gasteiger partial charge in [-0.1, -0.05) is 11.2 Å². The highest BCUT2D eigenvalue weighted by Gasteiger charge is 2.42. The number of carbonyl (C=O) groups is 2. The Kier molecular flexibility index (Phi) is 3.64. The van der Waals surface area contributed by atoms with Crippen molar-refractivity contribution in [2.45, 2.75) is 12.6 Å². The molecule has 2 fully saturated rings. The lowest BCUT2D eigenvalue weighted by Crippen LogP contribution is -2.53. The first kappa shape index (κ1) is 14.7. The van der Waals surface area contributed by atoms with Crippen LogP contribution >= 0.6 is 0 Å². The van der Waals surface area contributed by atoms with Crippen LogP contribution in [-0.2, 0) is 6.54 Å². The van der Waals surface area contributed by atoms with Gasteiger partial charge >= 0.3 is 6.03 Å². The van der Waals surface area contributed by atoms with E-state index in [1.807, 2.05) is 23.1 Å². The molecule has 2 aliphatic rings. The van der Waals surface area contributed by atoms with E-state index in [1.165, 1.54) is 6.20 Å². The third-order valence-electron chi connectivity index (χ3n) is 4.44. The second-order valence-electron chi connectivity index (χ2n) is 5.96. The maximum absolute atomic E-state index is 12.5. The topological polar surface area (TPSA) is 82.8 Å². The zero-order chi connectivity index (χ0) is 16.5. The number of nitrogens with zero attached hydrogens (tertiary/aromatic N) is 5. The molecule has 3 amide bonds. The van der Waals surface area contributed by atoms with Crippen LogP contribution in [0, 0.1) is 0 Å². The van der Waals surface area contributed by atoms with E-state index in [9.17, 15) is 9.59 Å². The molecule has 2 aromatic rings. The van der Waals surface area contributed by atoms with Crippen molar-refractivity contribution in [2.24, 2.45) is 0 Å². The first-order valence-electron chi connectivity index (χ1n) is 7.88. The number of fused-ring (bicyclic) bond motifs is 1. The highest BCUT2D eigenvalue weighted by atomic mass is 16.5. The zero-order valence-corrected chi connectivity index (χ0v) is 13.0. The molecule has 24 heavy (non-hydrogen) atoms. The number of carbonyl (C=O) groups excluding carboxylic acids is 2. The van der Waals surface area contributed by atoms with Gasteiger partial charge in [0, 0.05) is 38.4 Å². The SMILES string of the molecule is O=C(c1ccno1)N1CCN2C(=O)N(Cc3ccccn3)CC2C1. The summed E-state index contributed by atoms with van der Waals surface area (Å²) in [5, 5.41) is 3.57. The van der Waals surface area contributed by atoms with Crippen LogP contribution in [0.4, 0.5) is 4.79 Å². The highest BCUT2D eigenvalue weighted by molar-refractivity contribution is 5.91. The average Bonchev–Trinajstić information content (AvgIpc) is 3.24. The summed E-state index contributed by atoms with van der Waals surface area (Å²) in [5.41, 5.74) is 0.861. The first-order valence-corrected chi connectivity index (χ1v) is 7.88. The largest absolute Gasteiger partial charge is 0.351 e. The van der Waals surface area contributed by atoms with E-state index >= 15 is 0 Å². The van der Waals surface area contributed by atoms with E-state index in [1.54, 1.807) is 22.1 Å². The third-order valence-corrected chi connectivity index (χ3v) is 4.44. The number of aromatic nitrogens is 2. The Morgan fingerprint density at radius 1 is 1.21 bits per heavy atom. The van der Waals surface area contributed by atoms with Gasteiger partial charge in [-0.2, -0.15) is 0 Å².